The Kier molecular flexibility index (Phi) is 11.3. The quantitative estimate of drug-likeness (QED) is 0.147. The van der Waals surface area contributed by atoms with Crippen molar-refractivity contribution in [3.05, 3.63) is 293 Å². The summed E-state index contributed by atoms with van der Waals surface area (Å²) in [7, 11) is 0. The van der Waals surface area contributed by atoms with Crippen LogP contribution in [0.1, 0.15) is 99.9 Å². The van der Waals surface area contributed by atoms with Gasteiger partial charge in [0.05, 0.1) is 16.8 Å². The van der Waals surface area contributed by atoms with Crippen molar-refractivity contribution in [2.45, 2.75) is 77.0 Å². The molecule has 11 aromatic carbocycles. The van der Waals surface area contributed by atoms with Crippen LogP contribution in [0.5, 0.6) is 0 Å². The van der Waals surface area contributed by atoms with Crippen LogP contribution in [0.25, 0.3) is 66.4 Å². The van der Waals surface area contributed by atoms with E-state index in [1.807, 2.05) is 0 Å². The summed E-state index contributed by atoms with van der Waals surface area (Å²) in [5.41, 5.74) is 25.7. The molecule has 1 heteroatoms. The molecule has 2 aliphatic carbocycles. The van der Waals surface area contributed by atoms with Crippen LogP contribution in [0.15, 0.2) is 249 Å². The lowest BCUT2D eigenvalue weighted by Gasteiger charge is -2.34. The Morgan fingerprint density at radius 3 is 1.47 bits per heavy atom. The molecule has 374 valence electrons. The van der Waals surface area contributed by atoms with Crippen molar-refractivity contribution in [1.29, 1.82) is 0 Å². The van der Waals surface area contributed by atoms with Gasteiger partial charge in [0, 0.05) is 22.2 Å². The molecule has 0 amide bonds. The maximum Gasteiger partial charge on any atom is 0.0713 e. The van der Waals surface area contributed by atoms with Crippen molar-refractivity contribution < 1.29 is 0 Å². The molecule has 0 aliphatic heterocycles. The normalized spacial score (nSPS) is 13.9. The Hall–Kier alpha value is -8.52. The van der Waals surface area contributed by atoms with Crippen LogP contribution in [0.2, 0.25) is 0 Å². The molecule has 11 aromatic rings. The fourth-order valence-corrected chi connectivity index (χ4v) is 13.1. The van der Waals surface area contributed by atoms with Gasteiger partial charge in [-0.3, -0.25) is 0 Å². The summed E-state index contributed by atoms with van der Waals surface area (Å²) in [6.07, 6.45) is 0. The third-order valence-electron chi connectivity index (χ3n) is 17.1. The first-order chi connectivity index (χ1) is 37.2. The lowest BCUT2D eigenvalue weighted by atomic mass is 9.67. The molecule has 77 heavy (non-hydrogen) atoms. The van der Waals surface area contributed by atoms with Gasteiger partial charge in [-0.05, 0) is 141 Å². The smallest absolute Gasteiger partial charge is 0.0713 e. The SMILES string of the molecule is CC(C)(C)c1cc(-c2cccc3cccc(-c4ccccc4N(c4ccc(-c5ccc6c(c5)C(c5ccccc5)(c5ccccc5)c5ccccc5-6)cc4)c4cccc5c4-c4ccccc4C5(C)C)c23)cc(C(C)(C)C)c1. The molecule has 0 fully saturated rings. The molecule has 13 rings (SSSR count). The van der Waals surface area contributed by atoms with Gasteiger partial charge in [0.25, 0.3) is 0 Å². The molecule has 0 bridgehead atoms. The lowest BCUT2D eigenvalue weighted by Crippen LogP contribution is -2.28. The van der Waals surface area contributed by atoms with Gasteiger partial charge in [0.15, 0.2) is 0 Å². The van der Waals surface area contributed by atoms with Gasteiger partial charge in [-0.15, -0.1) is 0 Å². The zero-order valence-electron chi connectivity index (χ0n) is 45.6. The van der Waals surface area contributed by atoms with E-state index in [-0.39, 0.29) is 16.2 Å². The van der Waals surface area contributed by atoms with Crippen molar-refractivity contribution in [3.8, 4) is 55.6 Å². The Morgan fingerprint density at radius 1 is 0.325 bits per heavy atom. The van der Waals surface area contributed by atoms with Crippen LogP contribution in [0.3, 0.4) is 0 Å². The molecule has 0 unspecified atom stereocenters. The fraction of sp³-hybridized carbons (Fsp3) is 0.158. The molecule has 0 heterocycles. The van der Waals surface area contributed by atoms with E-state index >= 15 is 0 Å². The highest BCUT2D eigenvalue weighted by Gasteiger charge is 2.46. The Labute approximate surface area is 456 Å². The van der Waals surface area contributed by atoms with E-state index in [0.29, 0.717) is 0 Å². The number of rotatable bonds is 8. The number of nitrogens with zero attached hydrogens (tertiary/aromatic N) is 1. The topological polar surface area (TPSA) is 3.24 Å². The summed E-state index contributed by atoms with van der Waals surface area (Å²) in [5, 5.41) is 2.48. The van der Waals surface area contributed by atoms with E-state index in [1.165, 1.54) is 117 Å². The summed E-state index contributed by atoms with van der Waals surface area (Å²) in [5.74, 6) is 0. The van der Waals surface area contributed by atoms with Gasteiger partial charge < -0.3 is 4.90 Å². The lowest BCUT2D eigenvalue weighted by molar-refractivity contribution is 0.569. The molecule has 0 saturated carbocycles. The molecular weight excluding hydrogens is 927 g/mol. The van der Waals surface area contributed by atoms with Crippen molar-refractivity contribution in [2.75, 3.05) is 4.90 Å². The van der Waals surface area contributed by atoms with Crippen LogP contribution in [-0.2, 0) is 21.7 Å². The molecule has 0 N–H and O–H groups in total. The maximum atomic E-state index is 2.55. The number of hydrogen-bond donors (Lipinski definition) is 0. The summed E-state index contributed by atoms with van der Waals surface area (Å²) >= 11 is 0. The fourth-order valence-electron chi connectivity index (χ4n) is 13.1. The van der Waals surface area contributed by atoms with Crippen molar-refractivity contribution in [2.24, 2.45) is 0 Å². The summed E-state index contributed by atoms with van der Waals surface area (Å²) in [6, 6.07) is 93.9. The molecule has 1 nitrogen and oxygen atoms in total. The molecule has 0 aromatic heterocycles. The van der Waals surface area contributed by atoms with Gasteiger partial charge in [-0.2, -0.15) is 0 Å². The monoisotopic (exact) mass is 992 g/mol. The second kappa shape index (κ2) is 18.1. The minimum atomic E-state index is -0.478. The van der Waals surface area contributed by atoms with Crippen LogP contribution >= 0.6 is 0 Å². The number of para-hydroxylation sites is 1. The average Bonchev–Trinajstić information content (AvgIpc) is 3.90. The third-order valence-corrected chi connectivity index (χ3v) is 17.1. The number of fused-ring (bicyclic) bond motifs is 7. The second-order valence-corrected chi connectivity index (χ2v) is 24.1. The first-order valence-corrected chi connectivity index (χ1v) is 27.5. The Morgan fingerprint density at radius 2 is 0.818 bits per heavy atom. The van der Waals surface area contributed by atoms with Crippen molar-refractivity contribution >= 4 is 27.8 Å². The predicted molar refractivity (Wildman–Crippen MR) is 327 cm³/mol. The van der Waals surface area contributed by atoms with E-state index in [9.17, 15) is 0 Å². The van der Waals surface area contributed by atoms with Gasteiger partial charge in [-0.25, -0.2) is 0 Å². The molecule has 0 atom stereocenters. The minimum absolute atomic E-state index is 0.0174. The first kappa shape index (κ1) is 48.1. The predicted octanol–water partition coefficient (Wildman–Crippen LogP) is 20.6. The van der Waals surface area contributed by atoms with Crippen molar-refractivity contribution in [3.63, 3.8) is 0 Å². The summed E-state index contributed by atoms with van der Waals surface area (Å²) in [6.45, 7) is 18.7. The Balaban J connectivity index is 1.01. The zero-order chi connectivity index (χ0) is 52.8. The molecule has 0 radical (unpaired) electrons. The standard InChI is InChI=1S/C76H65N/c1-73(2,3)56-46-53(47-57(49-56)74(4,5)6)59-33-21-24-51-25-22-34-63(71(51)59)62-31-17-20-38-69(62)77(70-39-23-37-67-72(70)64-32-16-18-35-65(64)75(67,7)8)58-43-40-50(41-44-58)52-42-45-61-60-30-15-19-36-66(60)76(68(61)48-52,54-26-11-9-12-27-54)55-28-13-10-14-29-55/h9-49H,1-8H3. The van der Waals surface area contributed by atoms with Gasteiger partial charge in [0.2, 0.25) is 0 Å². The average molecular weight is 992 g/mol. The van der Waals surface area contributed by atoms with Crippen molar-refractivity contribution in [1.82, 2.24) is 0 Å². The highest BCUT2D eigenvalue weighted by molar-refractivity contribution is 6.09. The Bertz CT molecular complexity index is 3990. The van der Waals surface area contributed by atoms with Gasteiger partial charge in [0.1, 0.15) is 0 Å². The number of benzene rings is 11. The number of hydrogen-bond acceptors (Lipinski definition) is 1. The highest BCUT2D eigenvalue weighted by Crippen LogP contribution is 2.58. The van der Waals surface area contributed by atoms with Crippen LogP contribution in [-0.4, -0.2) is 0 Å². The van der Waals surface area contributed by atoms with E-state index in [2.05, 4.69) is 309 Å². The first-order valence-electron chi connectivity index (χ1n) is 27.5. The van der Waals surface area contributed by atoms with E-state index in [1.54, 1.807) is 0 Å². The van der Waals surface area contributed by atoms with Crippen LogP contribution in [0.4, 0.5) is 17.1 Å². The maximum absolute atomic E-state index is 2.55. The van der Waals surface area contributed by atoms with E-state index in [0.717, 1.165) is 11.4 Å². The molecule has 2 aliphatic rings. The zero-order valence-corrected chi connectivity index (χ0v) is 45.6. The largest absolute Gasteiger partial charge is 0.309 e. The summed E-state index contributed by atoms with van der Waals surface area (Å²) < 4.78 is 0. The number of anilines is 3. The van der Waals surface area contributed by atoms with E-state index < -0.39 is 5.41 Å². The highest BCUT2D eigenvalue weighted by atomic mass is 15.1. The van der Waals surface area contributed by atoms with E-state index in [4.69, 9.17) is 0 Å². The van der Waals surface area contributed by atoms with Gasteiger partial charge >= 0.3 is 0 Å². The molecule has 0 spiro atoms. The molecular formula is C76H65N. The summed E-state index contributed by atoms with van der Waals surface area (Å²) in [4.78, 5) is 2.55. The van der Waals surface area contributed by atoms with Gasteiger partial charge in [-0.1, -0.05) is 274 Å². The second-order valence-electron chi connectivity index (χ2n) is 24.1. The van der Waals surface area contributed by atoms with Crippen LogP contribution < -0.4 is 4.90 Å². The van der Waals surface area contributed by atoms with Crippen LogP contribution in [0, 0.1) is 0 Å². The molecule has 0 saturated heterocycles. The minimum Gasteiger partial charge on any atom is -0.309 e. The third kappa shape index (κ3) is 7.73.